The van der Waals surface area contributed by atoms with Crippen molar-refractivity contribution in [3.8, 4) is 0 Å². The topological polar surface area (TPSA) is 97.0 Å². The first-order valence-corrected chi connectivity index (χ1v) is 13.0. The number of esters is 1. The fraction of sp³-hybridized carbons (Fsp3) is 0.500. The van der Waals surface area contributed by atoms with E-state index in [1.54, 1.807) is 23.9 Å². The van der Waals surface area contributed by atoms with Crippen molar-refractivity contribution in [1.29, 1.82) is 0 Å². The molecule has 1 saturated carbocycles. The Kier molecular flexibility index (Phi) is 9.71. The van der Waals surface area contributed by atoms with Crippen LogP contribution >= 0.6 is 23.5 Å². The van der Waals surface area contributed by atoms with E-state index in [2.05, 4.69) is 4.74 Å². The number of thioether (sulfide) groups is 2. The van der Waals surface area contributed by atoms with Crippen molar-refractivity contribution < 1.29 is 29.0 Å². The van der Waals surface area contributed by atoms with Crippen molar-refractivity contribution in [2.45, 2.75) is 43.1 Å². The zero-order chi connectivity index (χ0) is 22.9. The third-order valence-electron chi connectivity index (χ3n) is 5.42. The van der Waals surface area contributed by atoms with E-state index in [0.29, 0.717) is 18.6 Å². The van der Waals surface area contributed by atoms with Gasteiger partial charge in [-0.3, -0.25) is 9.59 Å². The number of rotatable bonds is 12. The number of aliphatic hydroxyl groups is 2. The molecular formula is C24H30O6S2. The highest BCUT2D eigenvalue weighted by molar-refractivity contribution is 8.01. The van der Waals surface area contributed by atoms with Crippen molar-refractivity contribution in [2.24, 2.45) is 5.92 Å². The summed E-state index contributed by atoms with van der Waals surface area (Å²) in [5, 5.41) is 21.5. The van der Waals surface area contributed by atoms with Crippen LogP contribution < -0.4 is 0 Å². The molecule has 3 rings (SSSR count). The van der Waals surface area contributed by atoms with Crippen LogP contribution in [-0.2, 0) is 20.7 Å². The van der Waals surface area contributed by atoms with Crippen molar-refractivity contribution >= 4 is 46.2 Å². The summed E-state index contributed by atoms with van der Waals surface area (Å²) in [4.78, 5) is 23.4. The molecule has 1 heterocycles. The van der Waals surface area contributed by atoms with Gasteiger partial charge in [0.2, 0.25) is 0 Å². The minimum Gasteiger partial charge on any atom is -0.468 e. The molecule has 1 aromatic carbocycles. The zero-order valence-corrected chi connectivity index (χ0v) is 19.8. The summed E-state index contributed by atoms with van der Waals surface area (Å²) in [6.07, 6.45) is 4.22. The lowest BCUT2D eigenvalue weighted by Crippen LogP contribution is -2.22. The summed E-state index contributed by atoms with van der Waals surface area (Å²) in [6, 6.07) is 9.79. The Labute approximate surface area is 196 Å². The van der Waals surface area contributed by atoms with Crippen LogP contribution in [0.4, 0.5) is 0 Å². The second kappa shape index (κ2) is 12.5. The van der Waals surface area contributed by atoms with E-state index in [1.807, 2.05) is 30.3 Å². The second-order valence-corrected chi connectivity index (χ2v) is 10.2. The molecule has 0 aliphatic heterocycles. The minimum atomic E-state index is -0.715. The summed E-state index contributed by atoms with van der Waals surface area (Å²) in [6.45, 7) is 0. The largest absolute Gasteiger partial charge is 0.468 e. The third kappa shape index (κ3) is 7.13. The maximum atomic E-state index is 12.3. The fourth-order valence-corrected chi connectivity index (χ4v) is 6.00. The molecule has 4 unspecified atom stereocenters. The van der Waals surface area contributed by atoms with Gasteiger partial charge in [0.1, 0.15) is 17.1 Å². The number of hydrogen-bond acceptors (Lipinski definition) is 8. The summed E-state index contributed by atoms with van der Waals surface area (Å²) in [7, 11) is 1.37. The average molecular weight is 479 g/mol. The van der Waals surface area contributed by atoms with Crippen LogP contribution in [0.25, 0.3) is 11.0 Å². The van der Waals surface area contributed by atoms with Gasteiger partial charge >= 0.3 is 5.97 Å². The molecule has 1 aliphatic rings. The second-order valence-electron chi connectivity index (χ2n) is 7.83. The first-order valence-electron chi connectivity index (χ1n) is 10.8. The first-order chi connectivity index (χ1) is 15.5. The van der Waals surface area contributed by atoms with Crippen LogP contribution in [0.5, 0.6) is 0 Å². The number of carbonyl (C=O) groups is 2. The van der Waals surface area contributed by atoms with Gasteiger partial charge in [-0.05, 0) is 36.5 Å². The van der Waals surface area contributed by atoms with E-state index >= 15 is 0 Å². The number of ketones is 1. The number of hydrogen-bond donors (Lipinski definition) is 2. The quantitative estimate of drug-likeness (QED) is 0.271. The number of carbonyl (C=O) groups excluding carboxylic acids is 2. The lowest BCUT2D eigenvalue weighted by Gasteiger charge is -2.17. The van der Waals surface area contributed by atoms with Crippen LogP contribution in [0.2, 0.25) is 0 Å². The van der Waals surface area contributed by atoms with Gasteiger partial charge in [-0.25, -0.2) is 0 Å². The third-order valence-corrected chi connectivity index (χ3v) is 7.90. The number of furan rings is 1. The standard InChI is InChI=1S/C24H30O6S2/c1-29-23(28)15-31-11-4-12-32-24-19(20(26)14-21(24)27)10-8-17(25)7-9-18-13-16-5-2-3-6-22(16)30-18/h2-3,5-6,8,10,13,17,19-20,24-26H,4,7,9,11-12,14-15H2,1H3. The van der Waals surface area contributed by atoms with Gasteiger partial charge in [0.05, 0.1) is 30.3 Å². The summed E-state index contributed by atoms with van der Waals surface area (Å²) in [5.74, 6) is 2.27. The Hall–Kier alpha value is -1.74. The van der Waals surface area contributed by atoms with Crippen LogP contribution in [0.1, 0.15) is 25.0 Å². The van der Waals surface area contributed by atoms with Crippen molar-refractivity contribution in [1.82, 2.24) is 0 Å². The molecule has 1 aromatic heterocycles. The molecule has 0 saturated heterocycles. The minimum absolute atomic E-state index is 0.0520. The molecule has 1 aliphatic carbocycles. The zero-order valence-electron chi connectivity index (χ0n) is 18.1. The summed E-state index contributed by atoms with van der Waals surface area (Å²) < 4.78 is 10.4. The molecule has 0 amide bonds. The van der Waals surface area contributed by atoms with Crippen LogP contribution in [0.15, 0.2) is 46.9 Å². The Balaban J connectivity index is 1.44. The molecule has 4 atom stereocenters. The molecule has 2 aromatic rings. The summed E-state index contributed by atoms with van der Waals surface area (Å²) >= 11 is 3.06. The van der Waals surface area contributed by atoms with Crippen molar-refractivity contribution in [3.63, 3.8) is 0 Å². The smallest absolute Gasteiger partial charge is 0.315 e. The van der Waals surface area contributed by atoms with E-state index in [4.69, 9.17) is 4.42 Å². The number of aryl methyl sites for hydroxylation is 1. The van der Waals surface area contributed by atoms with E-state index < -0.39 is 12.2 Å². The number of methoxy groups -OCH3 is 1. The number of fused-ring (bicyclic) bond motifs is 1. The number of para-hydroxylation sites is 1. The SMILES string of the molecule is COC(=O)CSCCCSC1C(=O)CC(O)C1C=CC(O)CCc1cc2ccccc2o1. The van der Waals surface area contributed by atoms with E-state index in [-0.39, 0.29) is 29.3 Å². The Morgan fingerprint density at radius 1 is 1.34 bits per heavy atom. The van der Waals surface area contributed by atoms with Gasteiger partial charge in [-0.2, -0.15) is 11.8 Å². The highest BCUT2D eigenvalue weighted by atomic mass is 32.2. The fourth-order valence-electron chi connectivity index (χ4n) is 3.70. The lowest BCUT2D eigenvalue weighted by atomic mass is 10.0. The van der Waals surface area contributed by atoms with E-state index in [0.717, 1.165) is 34.7 Å². The molecular weight excluding hydrogens is 448 g/mol. The van der Waals surface area contributed by atoms with Crippen molar-refractivity contribution in [3.05, 3.63) is 48.2 Å². The molecule has 174 valence electrons. The predicted octanol–water partition coefficient (Wildman–Crippen LogP) is 3.63. The predicted molar refractivity (Wildman–Crippen MR) is 129 cm³/mol. The Morgan fingerprint density at radius 3 is 2.94 bits per heavy atom. The molecule has 32 heavy (non-hydrogen) atoms. The van der Waals surface area contributed by atoms with Crippen LogP contribution in [0.3, 0.4) is 0 Å². The molecule has 2 N–H and O–H groups in total. The molecule has 0 radical (unpaired) electrons. The number of benzene rings is 1. The van der Waals surface area contributed by atoms with Gasteiger partial charge in [0, 0.05) is 24.1 Å². The van der Waals surface area contributed by atoms with Gasteiger partial charge in [0.15, 0.2) is 0 Å². The Bertz CT molecular complexity index is 891. The lowest BCUT2D eigenvalue weighted by molar-refractivity contribution is -0.137. The maximum absolute atomic E-state index is 12.3. The number of ether oxygens (including phenoxy) is 1. The summed E-state index contributed by atoms with van der Waals surface area (Å²) in [5.41, 5.74) is 0.837. The molecule has 0 bridgehead atoms. The van der Waals surface area contributed by atoms with Gasteiger partial charge in [-0.1, -0.05) is 30.4 Å². The monoisotopic (exact) mass is 478 g/mol. The number of Topliss-reactive ketones (excluding diaryl/α,β-unsaturated/α-hetero) is 1. The first kappa shape index (κ1) is 24.9. The maximum Gasteiger partial charge on any atom is 0.315 e. The van der Waals surface area contributed by atoms with Gasteiger partial charge in [0.25, 0.3) is 0 Å². The molecule has 0 spiro atoms. The highest BCUT2D eigenvalue weighted by Gasteiger charge is 2.40. The van der Waals surface area contributed by atoms with Crippen LogP contribution in [0, 0.1) is 5.92 Å². The van der Waals surface area contributed by atoms with Crippen molar-refractivity contribution in [2.75, 3.05) is 24.4 Å². The normalized spacial score (nSPS) is 22.1. The van der Waals surface area contributed by atoms with E-state index in [9.17, 15) is 19.8 Å². The molecule has 6 nitrogen and oxygen atoms in total. The van der Waals surface area contributed by atoms with E-state index in [1.165, 1.54) is 18.9 Å². The van der Waals surface area contributed by atoms with Gasteiger partial charge in [-0.15, -0.1) is 11.8 Å². The van der Waals surface area contributed by atoms with Crippen LogP contribution in [-0.4, -0.2) is 63.8 Å². The highest BCUT2D eigenvalue weighted by Crippen LogP contribution is 2.34. The molecule has 8 heteroatoms. The average Bonchev–Trinajstić information content (AvgIpc) is 3.32. The molecule has 1 fully saturated rings. The van der Waals surface area contributed by atoms with Gasteiger partial charge < -0.3 is 19.4 Å². The number of aliphatic hydroxyl groups excluding tert-OH is 2. The Morgan fingerprint density at radius 2 is 2.16 bits per heavy atom.